The van der Waals surface area contributed by atoms with Crippen molar-refractivity contribution in [3.63, 3.8) is 0 Å². The maximum Gasteiger partial charge on any atom is 0.345 e. The van der Waals surface area contributed by atoms with E-state index in [9.17, 15) is 9.59 Å². The molecule has 0 saturated heterocycles. The molecule has 1 aromatic rings. The fraction of sp³-hybridized carbons (Fsp3) is 0.500. The number of carbonyl (C=O) groups is 1. The van der Waals surface area contributed by atoms with Gasteiger partial charge in [-0.3, -0.25) is 9.36 Å². The van der Waals surface area contributed by atoms with Crippen molar-refractivity contribution in [3.8, 4) is 0 Å². The van der Waals surface area contributed by atoms with Crippen molar-refractivity contribution >= 4 is 5.97 Å². The first kappa shape index (κ1) is 8.51. The summed E-state index contributed by atoms with van der Waals surface area (Å²) >= 11 is 0. The molecule has 0 radical (unpaired) electrons. The third kappa shape index (κ3) is 1.52. The van der Waals surface area contributed by atoms with E-state index in [0.717, 1.165) is 4.68 Å². The first-order valence-electron chi connectivity index (χ1n) is 3.30. The molecule has 0 unspecified atom stereocenters. The lowest BCUT2D eigenvalue weighted by Crippen LogP contribution is -2.26. The van der Waals surface area contributed by atoms with Gasteiger partial charge < -0.3 is 4.74 Å². The maximum atomic E-state index is 11.1. The Labute approximate surface area is 68.4 Å². The number of ether oxygens (including phenoxy) is 1. The van der Waals surface area contributed by atoms with Gasteiger partial charge in [0.15, 0.2) is 0 Å². The minimum Gasteiger partial charge on any atom is -0.468 e. The summed E-state index contributed by atoms with van der Waals surface area (Å²) in [6, 6.07) is 0. The van der Waals surface area contributed by atoms with Crippen LogP contribution in [0.15, 0.2) is 11.1 Å². The number of carbonyl (C=O) groups excluding carboxylic acids is 1. The fourth-order valence-electron chi connectivity index (χ4n) is 0.716. The van der Waals surface area contributed by atoms with Crippen molar-refractivity contribution < 1.29 is 9.53 Å². The predicted octanol–water partition coefficient (Wildman–Crippen LogP) is -1.25. The third-order valence-electron chi connectivity index (χ3n) is 1.39. The van der Waals surface area contributed by atoms with Crippen molar-refractivity contribution in [1.29, 1.82) is 0 Å². The highest BCUT2D eigenvalue weighted by Crippen LogP contribution is 1.79. The zero-order chi connectivity index (χ0) is 9.14. The molecular formula is C6H9N3O3. The summed E-state index contributed by atoms with van der Waals surface area (Å²) in [6.07, 6.45) is 1.34. The Bertz CT molecular complexity index is 338. The average Bonchev–Trinajstić information content (AvgIpc) is 2.36. The van der Waals surface area contributed by atoms with Gasteiger partial charge in [0.05, 0.1) is 7.11 Å². The van der Waals surface area contributed by atoms with Gasteiger partial charge in [-0.2, -0.15) is 5.10 Å². The van der Waals surface area contributed by atoms with E-state index in [0.29, 0.717) is 0 Å². The highest BCUT2D eigenvalue weighted by Gasteiger charge is 2.06. The van der Waals surface area contributed by atoms with E-state index in [1.54, 1.807) is 7.05 Å². The lowest BCUT2D eigenvalue weighted by atomic mass is 10.7. The van der Waals surface area contributed by atoms with E-state index in [4.69, 9.17) is 0 Å². The zero-order valence-corrected chi connectivity index (χ0v) is 6.85. The number of aryl methyl sites for hydroxylation is 1. The standard InChI is InChI=1S/C6H9N3O3/c1-8-4-7-9(6(8)11)3-5(10)12-2/h4H,3H2,1-2H3. The number of hydrogen-bond acceptors (Lipinski definition) is 4. The van der Waals surface area contributed by atoms with Gasteiger partial charge in [-0.15, -0.1) is 0 Å². The van der Waals surface area contributed by atoms with E-state index < -0.39 is 5.97 Å². The van der Waals surface area contributed by atoms with Crippen molar-refractivity contribution in [3.05, 3.63) is 16.8 Å². The topological polar surface area (TPSA) is 66.1 Å². The van der Waals surface area contributed by atoms with Crippen LogP contribution in [-0.2, 0) is 23.1 Å². The fourth-order valence-corrected chi connectivity index (χ4v) is 0.716. The molecule has 0 spiro atoms. The van der Waals surface area contributed by atoms with Crippen LogP contribution in [0.3, 0.4) is 0 Å². The number of esters is 1. The second kappa shape index (κ2) is 3.21. The molecule has 0 amide bonds. The summed E-state index contributed by atoms with van der Waals surface area (Å²) in [5, 5.41) is 3.67. The second-order valence-electron chi connectivity index (χ2n) is 2.26. The van der Waals surface area contributed by atoms with Gasteiger partial charge in [-0.05, 0) is 0 Å². The summed E-state index contributed by atoms with van der Waals surface area (Å²) < 4.78 is 6.68. The molecular weight excluding hydrogens is 162 g/mol. The minimum absolute atomic E-state index is 0.143. The molecule has 0 bridgehead atoms. The Morgan fingerprint density at radius 2 is 2.42 bits per heavy atom. The van der Waals surface area contributed by atoms with Gasteiger partial charge >= 0.3 is 11.7 Å². The average molecular weight is 171 g/mol. The normalized spacial score (nSPS) is 9.83. The zero-order valence-electron chi connectivity index (χ0n) is 6.85. The third-order valence-corrected chi connectivity index (χ3v) is 1.39. The first-order valence-corrected chi connectivity index (χ1v) is 3.30. The quantitative estimate of drug-likeness (QED) is 0.522. The first-order chi connectivity index (χ1) is 5.65. The molecule has 1 rings (SSSR count). The van der Waals surface area contributed by atoms with Crippen molar-refractivity contribution in [2.24, 2.45) is 7.05 Å². The number of methoxy groups -OCH3 is 1. The van der Waals surface area contributed by atoms with Crippen LogP contribution in [0.25, 0.3) is 0 Å². The molecule has 0 aromatic carbocycles. The molecule has 6 heteroatoms. The Morgan fingerprint density at radius 3 is 2.83 bits per heavy atom. The lowest BCUT2D eigenvalue weighted by molar-refractivity contribution is -0.141. The van der Waals surface area contributed by atoms with E-state index in [1.807, 2.05) is 0 Å². The number of nitrogens with zero attached hydrogens (tertiary/aromatic N) is 3. The second-order valence-corrected chi connectivity index (χ2v) is 2.26. The molecule has 0 fully saturated rings. The molecule has 0 N–H and O–H groups in total. The molecule has 1 heterocycles. The van der Waals surface area contributed by atoms with Crippen LogP contribution >= 0.6 is 0 Å². The smallest absolute Gasteiger partial charge is 0.345 e. The van der Waals surface area contributed by atoms with Crippen LogP contribution in [0.2, 0.25) is 0 Å². The minimum atomic E-state index is -0.490. The number of hydrogen-bond donors (Lipinski definition) is 0. The summed E-state index contributed by atoms with van der Waals surface area (Å²) in [5.41, 5.74) is -0.333. The van der Waals surface area contributed by atoms with Crippen LogP contribution in [0, 0.1) is 0 Å². The van der Waals surface area contributed by atoms with Crippen LogP contribution in [0.4, 0.5) is 0 Å². The van der Waals surface area contributed by atoms with Gasteiger partial charge in [0.2, 0.25) is 0 Å². The molecule has 0 aliphatic carbocycles. The summed E-state index contributed by atoms with van der Waals surface area (Å²) in [7, 11) is 2.82. The monoisotopic (exact) mass is 171 g/mol. The van der Waals surface area contributed by atoms with Gasteiger partial charge in [0.25, 0.3) is 0 Å². The van der Waals surface area contributed by atoms with Gasteiger partial charge in [0, 0.05) is 7.05 Å². The Hall–Kier alpha value is -1.59. The van der Waals surface area contributed by atoms with Crippen molar-refractivity contribution in [1.82, 2.24) is 14.3 Å². The van der Waals surface area contributed by atoms with E-state index in [-0.39, 0.29) is 12.2 Å². The van der Waals surface area contributed by atoms with Gasteiger partial charge in [-0.25, -0.2) is 9.48 Å². The molecule has 0 aliphatic rings. The van der Waals surface area contributed by atoms with E-state index in [1.165, 1.54) is 18.0 Å². The highest BCUT2D eigenvalue weighted by atomic mass is 16.5. The lowest BCUT2D eigenvalue weighted by Gasteiger charge is -1.96. The van der Waals surface area contributed by atoms with Crippen LogP contribution in [0.5, 0.6) is 0 Å². The number of aromatic nitrogens is 3. The highest BCUT2D eigenvalue weighted by molar-refractivity contribution is 5.68. The van der Waals surface area contributed by atoms with Gasteiger partial charge in [0.1, 0.15) is 12.9 Å². The molecule has 0 saturated carbocycles. The summed E-state index contributed by atoms with van der Waals surface area (Å²) in [4.78, 5) is 21.8. The molecule has 6 nitrogen and oxygen atoms in total. The van der Waals surface area contributed by atoms with Crippen molar-refractivity contribution in [2.45, 2.75) is 6.54 Å². The van der Waals surface area contributed by atoms with Crippen molar-refractivity contribution in [2.75, 3.05) is 7.11 Å². The van der Waals surface area contributed by atoms with Crippen LogP contribution in [0.1, 0.15) is 0 Å². The van der Waals surface area contributed by atoms with Crippen LogP contribution in [-0.4, -0.2) is 27.4 Å². The van der Waals surface area contributed by atoms with Gasteiger partial charge in [-0.1, -0.05) is 0 Å². The largest absolute Gasteiger partial charge is 0.468 e. The molecule has 0 aliphatic heterocycles. The SMILES string of the molecule is COC(=O)Cn1ncn(C)c1=O. The summed E-state index contributed by atoms with van der Waals surface area (Å²) in [6.45, 7) is -0.143. The number of rotatable bonds is 2. The molecule has 1 aromatic heterocycles. The Morgan fingerprint density at radius 1 is 1.75 bits per heavy atom. The Balaban J connectivity index is 2.83. The molecule has 66 valence electrons. The van der Waals surface area contributed by atoms with E-state index >= 15 is 0 Å². The maximum absolute atomic E-state index is 11.1. The molecule has 12 heavy (non-hydrogen) atoms. The summed E-state index contributed by atoms with van der Waals surface area (Å²) in [5.74, 6) is -0.490. The van der Waals surface area contributed by atoms with Crippen LogP contribution < -0.4 is 5.69 Å². The Kier molecular flexibility index (Phi) is 2.27. The predicted molar refractivity (Wildman–Crippen MR) is 39.5 cm³/mol. The van der Waals surface area contributed by atoms with E-state index in [2.05, 4.69) is 9.84 Å². The molecule has 0 atom stereocenters.